The molecule has 3 unspecified atom stereocenters. The standard InChI is InChI=1S/C14H22N2O3/c17-13(12-10-5-3-4-9(10)8-15-12)16-7-2-1-6-11(16)14(18)19/h9-12,15H,1-8H2,(H,18,19)/t9?,10?,11-,12?/m0/s1. The summed E-state index contributed by atoms with van der Waals surface area (Å²) >= 11 is 0. The predicted molar refractivity (Wildman–Crippen MR) is 69.6 cm³/mol. The molecule has 3 rings (SSSR count). The van der Waals surface area contributed by atoms with E-state index in [1.807, 2.05) is 0 Å². The molecule has 1 saturated carbocycles. The number of piperidine rings is 1. The van der Waals surface area contributed by atoms with E-state index in [1.165, 1.54) is 12.8 Å². The molecule has 5 heteroatoms. The fraction of sp³-hybridized carbons (Fsp3) is 0.857. The highest BCUT2D eigenvalue weighted by atomic mass is 16.4. The van der Waals surface area contributed by atoms with Gasteiger partial charge in [0.05, 0.1) is 6.04 Å². The molecule has 3 fully saturated rings. The number of amides is 1. The van der Waals surface area contributed by atoms with Gasteiger partial charge in [-0.1, -0.05) is 6.42 Å². The first-order valence-corrected chi connectivity index (χ1v) is 7.45. The van der Waals surface area contributed by atoms with Crippen LogP contribution >= 0.6 is 0 Å². The van der Waals surface area contributed by atoms with Crippen LogP contribution < -0.4 is 5.32 Å². The number of aliphatic carboxylic acids is 1. The zero-order valence-corrected chi connectivity index (χ0v) is 11.2. The van der Waals surface area contributed by atoms with Gasteiger partial charge in [0, 0.05) is 6.54 Å². The molecule has 19 heavy (non-hydrogen) atoms. The minimum Gasteiger partial charge on any atom is -0.480 e. The highest BCUT2D eigenvalue weighted by molar-refractivity contribution is 5.87. The Kier molecular flexibility index (Phi) is 3.48. The second-order valence-corrected chi connectivity index (χ2v) is 6.12. The molecule has 2 N–H and O–H groups in total. The number of rotatable bonds is 2. The Labute approximate surface area is 113 Å². The van der Waals surface area contributed by atoms with E-state index >= 15 is 0 Å². The van der Waals surface area contributed by atoms with E-state index in [4.69, 9.17) is 0 Å². The summed E-state index contributed by atoms with van der Waals surface area (Å²) in [6.45, 7) is 1.53. The molecule has 0 bridgehead atoms. The fourth-order valence-corrected chi connectivity index (χ4v) is 4.09. The SMILES string of the molecule is O=C(O)[C@@H]1CCCCN1C(=O)C1NCC2CCCC21. The highest BCUT2D eigenvalue weighted by Crippen LogP contribution is 2.38. The van der Waals surface area contributed by atoms with E-state index in [2.05, 4.69) is 5.32 Å². The highest BCUT2D eigenvalue weighted by Gasteiger charge is 2.45. The number of likely N-dealkylation sites (tertiary alicyclic amines) is 1. The van der Waals surface area contributed by atoms with E-state index in [0.29, 0.717) is 24.8 Å². The van der Waals surface area contributed by atoms with Gasteiger partial charge in [0.25, 0.3) is 0 Å². The smallest absolute Gasteiger partial charge is 0.326 e. The van der Waals surface area contributed by atoms with Gasteiger partial charge >= 0.3 is 5.97 Å². The number of carbonyl (C=O) groups excluding carboxylic acids is 1. The quantitative estimate of drug-likeness (QED) is 0.777. The maximum atomic E-state index is 12.7. The average molecular weight is 266 g/mol. The molecule has 2 aliphatic heterocycles. The van der Waals surface area contributed by atoms with Gasteiger partial charge in [-0.05, 0) is 50.5 Å². The lowest BCUT2D eigenvalue weighted by molar-refractivity contribution is -0.153. The van der Waals surface area contributed by atoms with Crippen LogP contribution in [0.2, 0.25) is 0 Å². The number of carboxylic acids is 1. The molecule has 0 aromatic rings. The van der Waals surface area contributed by atoms with Gasteiger partial charge < -0.3 is 15.3 Å². The second-order valence-electron chi connectivity index (χ2n) is 6.12. The van der Waals surface area contributed by atoms with Crippen LogP contribution in [0.1, 0.15) is 38.5 Å². The number of carbonyl (C=O) groups is 2. The molecule has 0 aromatic carbocycles. The van der Waals surface area contributed by atoms with Gasteiger partial charge in [-0.3, -0.25) is 4.79 Å². The van der Waals surface area contributed by atoms with Gasteiger partial charge in [0.2, 0.25) is 5.91 Å². The zero-order valence-electron chi connectivity index (χ0n) is 11.2. The van der Waals surface area contributed by atoms with Gasteiger partial charge in [-0.25, -0.2) is 4.79 Å². The van der Waals surface area contributed by atoms with Crippen LogP contribution in [0.25, 0.3) is 0 Å². The molecule has 3 aliphatic rings. The third-order valence-corrected chi connectivity index (χ3v) is 5.08. The molecule has 0 aromatic heterocycles. The maximum Gasteiger partial charge on any atom is 0.326 e. The molecule has 2 saturated heterocycles. The van der Waals surface area contributed by atoms with Crippen LogP contribution in [0.4, 0.5) is 0 Å². The van der Waals surface area contributed by atoms with Gasteiger partial charge in [0.15, 0.2) is 0 Å². The number of fused-ring (bicyclic) bond motifs is 1. The maximum absolute atomic E-state index is 12.7. The van der Waals surface area contributed by atoms with E-state index in [1.54, 1.807) is 4.90 Å². The third-order valence-electron chi connectivity index (χ3n) is 5.08. The van der Waals surface area contributed by atoms with Crippen molar-refractivity contribution >= 4 is 11.9 Å². The Morgan fingerprint density at radius 2 is 1.95 bits per heavy atom. The monoisotopic (exact) mass is 266 g/mol. The Bertz CT molecular complexity index is 385. The van der Waals surface area contributed by atoms with E-state index < -0.39 is 12.0 Å². The zero-order chi connectivity index (χ0) is 13.4. The minimum atomic E-state index is -0.853. The van der Waals surface area contributed by atoms with Crippen molar-refractivity contribution in [1.29, 1.82) is 0 Å². The van der Waals surface area contributed by atoms with E-state index in [9.17, 15) is 14.7 Å². The molecule has 0 spiro atoms. The number of hydrogen-bond acceptors (Lipinski definition) is 3. The van der Waals surface area contributed by atoms with Crippen molar-refractivity contribution in [2.24, 2.45) is 11.8 Å². The summed E-state index contributed by atoms with van der Waals surface area (Å²) in [5, 5.41) is 12.6. The molecule has 2 heterocycles. The molecular formula is C14H22N2O3. The summed E-state index contributed by atoms with van der Waals surface area (Å²) in [5.74, 6) is 0.237. The molecule has 1 amide bonds. The minimum absolute atomic E-state index is 0.0292. The lowest BCUT2D eigenvalue weighted by atomic mass is 9.92. The summed E-state index contributed by atoms with van der Waals surface area (Å²) in [6, 6.07) is -0.740. The van der Waals surface area contributed by atoms with Crippen molar-refractivity contribution in [2.45, 2.75) is 50.6 Å². The van der Waals surface area contributed by atoms with Crippen LogP contribution in [0.15, 0.2) is 0 Å². The third kappa shape index (κ3) is 2.24. The van der Waals surface area contributed by atoms with Crippen LogP contribution in [0.5, 0.6) is 0 Å². The van der Waals surface area contributed by atoms with Gasteiger partial charge in [-0.2, -0.15) is 0 Å². The van der Waals surface area contributed by atoms with Crippen molar-refractivity contribution < 1.29 is 14.7 Å². The summed E-state index contributed by atoms with van der Waals surface area (Å²) < 4.78 is 0. The normalized spacial score (nSPS) is 38.2. The Hall–Kier alpha value is -1.10. The fourth-order valence-electron chi connectivity index (χ4n) is 4.09. The summed E-state index contributed by atoms with van der Waals surface area (Å²) in [4.78, 5) is 25.6. The lowest BCUT2D eigenvalue weighted by Crippen LogP contribution is -2.54. The van der Waals surface area contributed by atoms with Crippen molar-refractivity contribution in [3.63, 3.8) is 0 Å². The Morgan fingerprint density at radius 1 is 1.11 bits per heavy atom. The first-order valence-electron chi connectivity index (χ1n) is 7.45. The van der Waals surface area contributed by atoms with Crippen LogP contribution in [-0.2, 0) is 9.59 Å². The average Bonchev–Trinajstić information content (AvgIpc) is 3.00. The Morgan fingerprint density at radius 3 is 2.74 bits per heavy atom. The topological polar surface area (TPSA) is 69.6 Å². The molecule has 1 aliphatic carbocycles. The summed E-state index contributed by atoms with van der Waals surface area (Å²) in [7, 11) is 0. The predicted octanol–water partition coefficient (Wildman–Crippen LogP) is 0.840. The first-order chi connectivity index (χ1) is 9.18. The largest absolute Gasteiger partial charge is 0.480 e. The molecule has 0 radical (unpaired) electrons. The molecule has 4 atom stereocenters. The van der Waals surface area contributed by atoms with Gasteiger partial charge in [-0.15, -0.1) is 0 Å². The number of hydrogen-bond donors (Lipinski definition) is 2. The Balaban J connectivity index is 1.73. The first kappa shape index (κ1) is 12.9. The second kappa shape index (κ2) is 5.12. The molecule has 5 nitrogen and oxygen atoms in total. The number of nitrogens with one attached hydrogen (secondary N) is 1. The van der Waals surface area contributed by atoms with Crippen molar-refractivity contribution in [1.82, 2.24) is 10.2 Å². The van der Waals surface area contributed by atoms with Crippen LogP contribution in [-0.4, -0.2) is 47.1 Å². The van der Waals surface area contributed by atoms with E-state index in [-0.39, 0.29) is 11.9 Å². The van der Waals surface area contributed by atoms with Gasteiger partial charge in [0.1, 0.15) is 6.04 Å². The lowest BCUT2D eigenvalue weighted by Gasteiger charge is -2.35. The van der Waals surface area contributed by atoms with Crippen LogP contribution in [0.3, 0.4) is 0 Å². The van der Waals surface area contributed by atoms with Crippen molar-refractivity contribution in [3.05, 3.63) is 0 Å². The van der Waals surface area contributed by atoms with Crippen LogP contribution in [0, 0.1) is 11.8 Å². The number of carboxylic acid groups (broad SMARTS) is 1. The van der Waals surface area contributed by atoms with Crippen molar-refractivity contribution in [2.75, 3.05) is 13.1 Å². The summed E-state index contributed by atoms with van der Waals surface area (Å²) in [6.07, 6.45) is 5.97. The number of nitrogens with zero attached hydrogens (tertiary/aromatic N) is 1. The van der Waals surface area contributed by atoms with Crippen molar-refractivity contribution in [3.8, 4) is 0 Å². The summed E-state index contributed by atoms with van der Waals surface area (Å²) in [5.41, 5.74) is 0. The van der Waals surface area contributed by atoms with E-state index in [0.717, 1.165) is 25.8 Å². The molecule has 106 valence electrons. The molecular weight excluding hydrogens is 244 g/mol.